The van der Waals surface area contributed by atoms with E-state index in [-0.39, 0.29) is 17.4 Å². The Bertz CT molecular complexity index is 646. The quantitative estimate of drug-likeness (QED) is 0.828. The summed E-state index contributed by atoms with van der Waals surface area (Å²) in [4.78, 5) is 34.1. The number of carbonyl (C=O) groups is 2. The van der Waals surface area contributed by atoms with Gasteiger partial charge in [0.05, 0.1) is 5.69 Å². The van der Waals surface area contributed by atoms with E-state index in [4.69, 9.17) is 0 Å². The fourth-order valence-corrected chi connectivity index (χ4v) is 4.50. The van der Waals surface area contributed by atoms with Gasteiger partial charge in [0, 0.05) is 45.2 Å². The Labute approximate surface area is 146 Å². The van der Waals surface area contributed by atoms with Gasteiger partial charge in [-0.1, -0.05) is 11.3 Å². The number of nitrogens with zero attached hydrogens (tertiary/aromatic N) is 3. The van der Waals surface area contributed by atoms with Crippen molar-refractivity contribution in [1.29, 1.82) is 0 Å². The van der Waals surface area contributed by atoms with E-state index >= 15 is 0 Å². The Morgan fingerprint density at radius 3 is 2.88 bits per heavy atom. The van der Waals surface area contributed by atoms with Gasteiger partial charge in [-0.25, -0.2) is 4.98 Å². The molecule has 0 saturated carbocycles. The largest absolute Gasteiger partial charge is 0.365 e. The normalized spacial score (nSPS) is 25.5. The van der Waals surface area contributed by atoms with Gasteiger partial charge in [0.2, 0.25) is 5.91 Å². The van der Waals surface area contributed by atoms with Gasteiger partial charge in [-0.05, 0) is 26.8 Å². The number of aryl methyl sites for hydroxylation is 1. The lowest BCUT2D eigenvalue weighted by atomic mass is 9.86. The molecule has 2 fully saturated rings. The summed E-state index contributed by atoms with van der Waals surface area (Å²) in [7, 11) is 3.92. The van der Waals surface area contributed by atoms with E-state index in [1.807, 2.05) is 18.9 Å². The molecule has 2 aliphatic heterocycles. The van der Waals surface area contributed by atoms with Gasteiger partial charge in [-0.3, -0.25) is 14.5 Å². The number of carbonyl (C=O) groups excluding carboxylic acids is 2. The zero-order chi connectivity index (χ0) is 17.3. The summed E-state index contributed by atoms with van der Waals surface area (Å²) in [6, 6.07) is 0. The Kier molecular flexibility index (Phi) is 4.78. The third-order valence-electron chi connectivity index (χ3n) is 5.22. The van der Waals surface area contributed by atoms with Crippen molar-refractivity contribution < 1.29 is 9.59 Å². The average Bonchev–Trinajstić information content (AvgIpc) is 2.85. The number of hydrogen-bond donors (Lipinski definition) is 2. The van der Waals surface area contributed by atoms with Crippen LogP contribution < -0.4 is 10.6 Å². The molecule has 0 bridgehead atoms. The molecule has 7 nitrogen and oxygen atoms in total. The van der Waals surface area contributed by atoms with E-state index in [9.17, 15) is 9.59 Å². The predicted octanol–water partition coefficient (Wildman–Crippen LogP) is 0.920. The highest BCUT2D eigenvalue weighted by molar-refractivity contribution is 7.17. The molecule has 0 aromatic carbocycles. The Balaban J connectivity index is 1.80. The van der Waals surface area contributed by atoms with Gasteiger partial charge in [0.1, 0.15) is 4.88 Å². The Morgan fingerprint density at radius 2 is 2.17 bits per heavy atom. The highest BCUT2D eigenvalue weighted by atomic mass is 32.1. The van der Waals surface area contributed by atoms with Crippen LogP contribution in [-0.4, -0.2) is 72.4 Å². The van der Waals surface area contributed by atoms with Crippen molar-refractivity contribution >= 4 is 28.3 Å². The van der Waals surface area contributed by atoms with Crippen LogP contribution in [0.15, 0.2) is 0 Å². The van der Waals surface area contributed by atoms with Crippen molar-refractivity contribution in [3.8, 4) is 0 Å². The monoisotopic (exact) mass is 351 g/mol. The minimum atomic E-state index is -0.114. The summed E-state index contributed by atoms with van der Waals surface area (Å²) in [6.07, 6.45) is 2.20. The van der Waals surface area contributed by atoms with Crippen LogP contribution in [0, 0.1) is 6.92 Å². The van der Waals surface area contributed by atoms with Crippen LogP contribution in [0.2, 0.25) is 0 Å². The highest BCUT2D eigenvalue weighted by Crippen LogP contribution is 2.32. The summed E-state index contributed by atoms with van der Waals surface area (Å²) < 4.78 is 0. The topological polar surface area (TPSA) is 77.6 Å². The second kappa shape index (κ2) is 6.68. The van der Waals surface area contributed by atoms with Crippen molar-refractivity contribution in [2.24, 2.45) is 0 Å². The van der Waals surface area contributed by atoms with Crippen molar-refractivity contribution in [3.63, 3.8) is 0 Å². The first kappa shape index (κ1) is 17.2. The lowest BCUT2D eigenvalue weighted by molar-refractivity contribution is -0.121. The molecule has 1 atom stereocenters. The maximum Gasteiger partial charge on any atom is 0.266 e. The SMILES string of the molecule is CNc1nc(C)c(C(=O)N2CCN(C)C3(CCNC(=O)CC3)C2)s1. The number of aromatic nitrogens is 1. The maximum atomic E-state index is 13.0. The summed E-state index contributed by atoms with van der Waals surface area (Å²) in [5.41, 5.74) is 0.664. The third-order valence-corrected chi connectivity index (χ3v) is 6.39. The van der Waals surface area contributed by atoms with Gasteiger partial charge < -0.3 is 15.5 Å². The van der Waals surface area contributed by atoms with Crippen LogP contribution in [-0.2, 0) is 4.79 Å². The van der Waals surface area contributed by atoms with E-state index in [1.54, 1.807) is 0 Å². The molecule has 0 radical (unpaired) electrons. The van der Waals surface area contributed by atoms with Crippen molar-refractivity contribution in [2.45, 2.75) is 31.7 Å². The summed E-state index contributed by atoms with van der Waals surface area (Å²) >= 11 is 1.41. The number of amides is 2. The number of thiazole rings is 1. The first-order valence-corrected chi connectivity index (χ1v) is 9.19. The van der Waals surface area contributed by atoms with E-state index in [0.29, 0.717) is 30.9 Å². The molecule has 132 valence electrons. The van der Waals surface area contributed by atoms with Crippen LogP contribution in [0.3, 0.4) is 0 Å². The number of anilines is 1. The summed E-state index contributed by atoms with van der Waals surface area (Å²) in [6.45, 7) is 4.77. The third kappa shape index (κ3) is 3.12. The second-order valence-electron chi connectivity index (χ2n) is 6.66. The smallest absolute Gasteiger partial charge is 0.266 e. The zero-order valence-electron chi connectivity index (χ0n) is 14.5. The molecule has 1 spiro atoms. The molecule has 24 heavy (non-hydrogen) atoms. The molecule has 2 N–H and O–H groups in total. The fraction of sp³-hybridized carbons (Fsp3) is 0.688. The zero-order valence-corrected chi connectivity index (χ0v) is 15.3. The van der Waals surface area contributed by atoms with Gasteiger partial charge >= 0.3 is 0 Å². The number of rotatable bonds is 2. The van der Waals surface area contributed by atoms with Crippen LogP contribution in [0.4, 0.5) is 5.13 Å². The molecule has 2 aliphatic rings. The molecule has 3 heterocycles. The van der Waals surface area contributed by atoms with Crippen LogP contribution in [0.1, 0.15) is 34.6 Å². The summed E-state index contributed by atoms with van der Waals surface area (Å²) in [5, 5.41) is 6.72. The van der Waals surface area contributed by atoms with Gasteiger partial charge in [0.15, 0.2) is 5.13 Å². The molecular weight excluding hydrogens is 326 g/mol. The molecule has 1 unspecified atom stereocenters. The lowest BCUT2D eigenvalue weighted by Gasteiger charge is -2.49. The molecule has 1 aromatic rings. The summed E-state index contributed by atoms with van der Waals surface area (Å²) in [5.74, 6) is 0.170. The van der Waals surface area contributed by atoms with Crippen LogP contribution in [0.25, 0.3) is 0 Å². The standard InChI is InChI=1S/C16H25N5O2S/c1-11-13(24-15(17-2)19-11)14(23)21-9-8-20(3)16(10-21)5-4-12(22)18-7-6-16/h4-10H2,1-3H3,(H,17,19)(H,18,22). The number of likely N-dealkylation sites (N-methyl/N-ethyl adjacent to an activating group) is 1. The van der Waals surface area contributed by atoms with Crippen LogP contribution >= 0.6 is 11.3 Å². The van der Waals surface area contributed by atoms with Gasteiger partial charge in [-0.15, -0.1) is 0 Å². The minimum absolute atomic E-state index is 0.0579. The Morgan fingerprint density at radius 1 is 1.38 bits per heavy atom. The number of nitrogens with one attached hydrogen (secondary N) is 2. The molecular formula is C16H25N5O2S. The maximum absolute atomic E-state index is 13.0. The molecule has 0 aliphatic carbocycles. The molecule has 1 aromatic heterocycles. The first-order valence-electron chi connectivity index (χ1n) is 8.37. The van der Waals surface area contributed by atoms with Gasteiger partial charge in [-0.2, -0.15) is 0 Å². The second-order valence-corrected chi connectivity index (χ2v) is 7.66. The van der Waals surface area contributed by atoms with E-state index < -0.39 is 0 Å². The van der Waals surface area contributed by atoms with E-state index in [1.165, 1.54) is 11.3 Å². The molecule has 3 rings (SSSR count). The molecule has 2 amide bonds. The number of hydrogen-bond acceptors (Lipinski definition) is 6. The van der Waals surface area contributed by atoms with Crippen molar-refractivity contribution in [2.75, 3.05) is 45.6 Å². The van der Waals surface area contributed by atoms with Crippen LogP contribution in [0.5, 0.6) is 0 Å². The van der Waals surface area contributed by atoms with Crippen molar-refractivity contribution in [3.05, 3.63) is 10.6 Å². The number of piperazine rings is 1. The highest BCUT2D eigenvalue weighted by Gasteiger charge is 2.42. The molecule has 2 saturated heterocycles. The molecule has 8 heteroatoms. The lowest BCUT2D eigenvalue weighted by Crippen LogP contribution is -2.62. The van der Waals surface area contributed by atoms with Gasteiger partial charge in [0.25, 0.3) is 5.91 Å². The van der Waals surface area contributed by atoms with E-state index in [2.05, 4.69) is 27.6 Å². The van der Waals surface area contributed by atoms with E-state index in [0.717, 1.165) is 30.2 Å². The predicted molar refractivity (Wildman–Crippen MR) is 94.5 cm³/mol. The minimum Gasteiger partial charge on any atom is -0.365 e. The fourth-order valence-electron chi connectivity index (χ4n) is 3.62. The van der Waals surface area contributed by atoms with Crippen molar-refractivity contribution in [1.82, 2.24) is 20.1 Å². The Hall–Kier alpha value is -1.67. The first-order chi connectivity index (χ1) is 11.4. The average molecular weight is 351 g/mol.